The van der Waals surface area contributed by atoms with Crippen LogP contribution in [0, 0.1) is 0 Å². The van der Waals surface area contributed by atoms with Gasteiger partial charge in [0.25, 0.3) is 0 Å². The van der Waals surface area contributed by atoms with Gasteiger partial charge in [0.05, 0.1) is 18.8 Å². The third-order valence-corrected chi connectivity index (χ3v) is 5.82. The number of aryl methyl sites for hydroxylation is 2. The van der Waals surface area contributed by atoms with Gasteiger partial charge in [0.2, 0.25) is 5.91 Å². The molecule has 33 heavy (non-hydrogen) atoms. The predicted octanol–water partition coefficient (Wildman–Crippen LogP) is 2.39. The fourth-order valence-corrected chi connectivity index (χ4v) is 3.92. The number of carbonyl (C=O) groups excluding carboxylic acids is 1. The second-order valence-electron chi connectivity index (χ2n) is 8.62. The molecular weight excluding hydrogens is 529 g/mol. The van der Waals surface area contributed by atoms with Crippen molar-refractivity contribution in [2.75, 3.05) is 33.7 Å². The number of aliphatic imine (C=N–C) groups is 1. The molecule has 0 bridgehead atoms. The van der Waals surface area contributed by atoms with Crippen LogP contribution in [0.25, 0.3) is 0 Å². The van der Waals surface area contributed by atoms with E-state index in [9.17, 15) is 4.79 Å². The summed E-state index contributed by atoms with van der Waals surface area (Å²) in [6.07, 6.45) is 4.98. The molecule has 0 aliphatic carbocycles. The fraction of sp³-hybridized carbons (Fsp3) is 0.542. The highest BCUT2D eigenvalue weighted by molar-refractivity contribution is 14.0. The molecular formula is C24H38IN7O. The van der Waals surface area contributed by atoms with E-state index < -0.39 is 0 Å². The smallest absolute Gasteiger partial charge is 0.241 e. The minimum absolute atomic E-state index is 0. The number of nitrogens with one attached hydrogen (secondary N) is 2. The van der Waals surface area contributed by atoms with Gasteiger partial charge in [-0.25, -0.2) is 4.99 Å². The minimum atomic E-state index is 0. The van der Waals surface area contributed by atoms with E-state index in [1.165, 1.54) is 5.56 Å². The van der Waals surface area contributed by atoms with E-state index >= 15 is 0 Å². The normalized spacial score (nSPS) is 15.1. The van der Waals surface area contributed by atoms with Crippen molar-refractivity contribution < 1.29 is 4.79 Å². The Hall–Kier alpha value is -2.14. The summed E-state index contributed by atoms with van der Waals surface area (Å²) in [5.74, 6) is 0.709. The van der Waals surface area contributed by atoms with Gasteiger partial charge in [-0.2, -0.15) is 5.10 Å². The molecule has 0 radical (unpaired) electrons. The predicted molar refractivity (Wildman–Crippen MR) is 144 cm³/mol. The van der Waals surface area contributed by atoms with Crippen LogP contribution in [-0.2, 0) is 31.4 Å². The van der Waals surface area contributed by atoms with Crippen molar-refractivity contribution in [2.45, 2.75) is 45.3 Å². The molecule has 2 aromatic rings. The van der Waals surface area contributed by atoms with E-state index in [-0.39, 0.29) is 36.4 Å². The summed E-state index contributed by atoms with van der Waals surface area (Å²) in [6, 6.07) is 11.0. The van der Waals surface area contributed by atoms with E-state index in [4.69, 9.17) is 4.99 Å². The lowest BCUT2D eigenvalue weighted by Crippen LogP contribution is -2.50. The number of amides is 1. The number of likely N-dealkylation sites (tertiary alicyclic amines) is 1. The van der Waals surface area contributed by atoms with Gasteiger partial charge in [0, 0.05) is 58.6 Å². The van der Waals surface area contributed by atoms with Crippen LogP contribution in [0.4, 0.5) is 0 Å². The van der Waals surface area contributed by atoms with Crippen LogP contribution in [0.3, 0.4) is 0 Å². The van der Waals surface area contributed by atoms with E-state index in [0.717, 1.165) is 50.2 Å². The summed E-state index contributed by atoms with van der Waals surface area (Å²) in [6.45, 7) is 5.93. The third-order valence-electron chi connectivity index (χ3n) is 5.82. The second-order valence-corrected chi connectivity index (χ2v) is 8.62. The van der Waals surface area contributed by atoms with Gasteiger partial charge in [0.15, 0.2) is 5.96 Å². The zero-order valence-corrected chi connectivity index (χ0v) is 22.6. The molecule has 0 atom stereocenters. The zero-order chi connectivity index (χ0) is 22.9. The first-order valence-electron chi connectivity index (χ1n) is 11.5. The number of likely N-dealkylation sites (N-methyl/N-ethyl adjacent to an activating group) is 1. The van der Waals surface area contributed by atoms with Crippen LogP contribution in [0.1, 0.15) is 36.6 Å². The van der Waals surface area contributed by atoms with Crippen molar-refractivity contribution in [3.63, 3.8) is 0 Å². The Bertz CT molecular complexity index is 889. The molecule has 1 aliphatic heterocycles. The molecule has 0 saturated carbocycles. The highest BCUT2D eigenvalue weighted by Crippen LogP contribution is 2.14. The van der Waals surface area contributed by atoms with Gasteiger partial charge >= 0.3 is 0 Å². The molecule has 3 rings (SSSR count). The average molecular weight is 568 g/mol. The summed E-state index contributed by atoms with van der Waals surface area (Å²) in [7, 11) is 5.46. The molecule has 9 heteroatoms. The molecule has 182 valence electrons. The Morgan fingerprint density at radius 3 is 2.55 bits per heavy atom. The quantitative estimate of drug-likeness (QED) is 0.291. The molecule has 1 amide bonds. The number of guanidine groups is 1. The molecule has 1 saturated heterocycles. The number of piperidine rings is 1. The number of carbonyl (C=O) groups is 1. The minimum Gasteiger partial charge on any atom is -0.354 e. The van der Waals surface area contributed by atoms with Crippen molar-refractivity contribution in [3.05, 3.63) is 53.3 Å². The monoisotopic (exact) mass is 567 g/mol. The number of hydrogen-bond donors (Lipinski definition) is 2. The number of hydrogen-bond acceptors (Lipinski definition) is 4. The summed E-state index contributed by atoms with van der Waals surface area (Å²) >= 11 is 0. The fourth-order valence-electron chi connectivity index (χ4n) is 3.92. The molecule has 1 aromatic carbocycles. The van der Waals surface area contributed by atoms with Crippen LogP contribution >= 0.6 is 24.0 Å². The lowest BCUT2D eigenvalue weighted by molar-refractivity contribution is -0.127. The van der Waals surface area contributed by atoms with E-state index in [0.29, 0.717) is 18.5 Å². The molecule has 1 aromatic heterocycles. The molecule has 2 N–H and O–H groups in total. The van der Waals surface area contributed by atoms with Gasteiger partial charge in [-0.1, -0.05) is 37.3 Å². The number of rotatable bonds is 8. The Morgan fingerprint density at radius 2 is 1.91 bits per heavy atom. The Balaban J connectivity index is 0.00000385. The van der Waals surface area contributed by atoms with Gasteiger partial charge in [-0.3, -0.25) is 14.4 Å². The maximum absolute atomic E-state index is 12.1. The van der Waals surface area contributed by atoms with Crippen LogP contribution < -0.4 is 10.6 Å². The summed E-state index contributed by atoms with van der Waals surface area (Å²) in [5.41, 5.74) is 3.54. The average Bonchev–Trinajstić information content (AvgIpc) is 3.16. The first-order valence-corrected chi connectivity index (χ1v) is 11.5. The van der Waals surface area contributed by atoms with Crippen molar-refractivity contribution >= 4 is 35.8 Å². The second kappa shape index (κ2) is 13.5. The molecule has 1 fully saturated rings. The highest BCUT2D eigenvalue weighted by Gasteiger charge is 2.20. The van der Waals surface area contributed by atoms with Crippen molar-refractivity contribution in [3.8, 4) is 0 Å². The maximum atomic E-state index is 12.1. The highest BCUT2D eigenvalue weighted by atomic mass is 127. The van der Waals surface area contributed by atoms with Crippen LogP contribution in [0.15, 0.2) is 41.5 Å². The van der Waals surface area contributed by atoms with Gasteiger partial charge in [-0.05, 0) is 24.8 Å². The number of benzene rings is 1. The van der Waals surface area contributed by atoms with E-state index in [1.54, 1.807) is 19.0 Å². The van der Waals surface area contributed by atoms with Crippen molar-refractivity contribution in [2.24, 2.45) is 12.0 Å². The number of halogens is 1. The lowest BCUT2D eigenvalue weighted by Gasteiger charge is -2.33. The topological polar surface area (TPSA) is 77.8 Å². The van der Waals surface area contributed by atoms with Gasteiger partial charge in [-0.15, -0.1) is 24.0 Å². The summed E-state index contributed by atoms with van der Waals surface area (Å²) in [5, 5.41) is 11.3. The lowest BCUT2D eigenvalue weighted by atomic mass is 10.0. The van der Waals surface area contributed by atoms with Crippen molar-refractivity contribution in [1.82, 2.24) is 30.2 Å². The van der Waals surface area contributed by atoms with Gasteiger partial charge in [0.1, 0.15) is 0 Å². The first-order chi connectivity index (χ1) is 15.4. The van der Waals surface area contributed by atoms with Crippen LogP contribution in [0.2, 0.25) is 0 Å². The van der Waals surface area contributed by atoms with Crippen LogP contribution in [-0.4, -0.2) is 71.2 Å². The largest absolute Gasteiger partial charge is 0.354 e. The SMILES string of the molecule is CCc1nn(C)cc1CN=C(NCC(=O)N(C)C)NC1CCN(Cc2ccccc2)CC1.I. The standard InChI is InChI=1S/C24H37N7O.HI/c1-5-22-20(18-30(4)28-22)15-25-24(26-16-23(32)29(2)3)27-21-11-13-31(14-12-21)17-19-9-7-6-8-10-19;/h6-10,18,21H,5,11-17H2,1-4H3,(H2,25,26,27);1H. The Morgan fingerprint density at radius 1 is 1.21 bits per heavy atom. The summed E-state index contributed by atoms with van der Waals surface area (Å²) in [4.78, 5) is 21.0. The molecule has 2 heterocycles. The molecule has 1 aliphatic rings. The van der Waals surface area contributed by atoms with Crippen molar-refractivity contribution in [1.29, 1.82) is 0 Å². The third kappa shape index (κ3) is 8.62. The Labute approximate surface area is 214 Å². The van der Waals surface area contributed by atoms with Gasteiger partial charge < -0.3 is 15.5 Å². The van der Waals surface area contributed by atoms with E-state index in [1.807, 2.05) is 17.9 Å². The molecule has 0 unspecified atom stereocenters. The Kier molecular flexibility index (Phi) is 11.1. The molecule has 8 nitrogen and oxygen atoms in total. The first kappa shape index (κ1) is 27.1. The maximum Gasteiger partial charge on any atom is 0.241 e. The zero-order valence-electron chi connectivity index (χ0n) is 20.3. The number of nitrogens with zero attached hydrogens (tertiary/aromatic N) is 5. The molecule has 0 spiro atoms. The van der Waals surface area contributed by atoms with Crippen LogP contribution in [0.5, 0.6) is 0 Å². The van der Waals surface area contributed by atoms with E-state index in [2.05, 4.69) is 57.9 Å². The number of aromatic nitrogens is 2. The summed E-state index contributed by atoms with van der Waals surface area (Å²) < 4.78 is 1.84.